The third kappa shape index (κ3) is 6.92. The number of aromatic carboxylic acids is 1. The van der Waals surface area contributed by atoms with Crippen LogP contribution in [0.2, 0.25) is 0 Å². The smallest absolute Gasteiger partial charge is 0.336 e. The fourth-order valence-electron chi connectivity index (χ4n) is 4.34. The monoisotopic (exact) mass is 552 g/mol. The van der Waals surface area contributed by atoms with Gasteiger partial charge in [-0.05, 0) is 54.8 Å². The highest BCUT2D eigenvalue weighted by molar-refractivity contribution is 7.51. The van der Waals surface area contributed by atoms with Crippen molar-refractivity contribution in [2.75, 3.05) is 19.8 Å². The van der Waals surface area contributed by atoms with Crippen molar-refractivity contribution >= 4 is 30.4 Å². The van der Waals surface area contributed by atoms with Gasteiger partial charge in [-0.3, -0.25) is 14.2 Å². The van der Waals surface area contributed by atoms with Crippen LogP contribution in [0.25, 0.3) is 33.4 Å². The summed E-state index contributed by atoms with van der Waals surface area (Å²) in [6.45, 7) is 1.72. The first-order valence-corrected chi connectivity index (χ1v) is 14.3. The van der Waals surface area contributed by atoms with Gasteiger partial charge in [0.05, 0.1) is 12.2 Å². The van der Waals surface area contributed by atoms with Gasteiger partial charge in [0, 0.05) is 41.4 Å². The normalized spacial score (nSPS) is 12.9. The molecule has 4 rings (SSSR count). The minimum absolute atomic E-state index is 0.0560. The number of nitrogens with one attached hydrogen (secondary N) is 1. The average molecular weight is 552 g/mol. The van der Waals surface area contributed by atoms with Crippen LogP contribution < -0.4 is 15.9 Å². The number of carboxylic acids is 1. The second kappa shape index (κ2) is 11.8. The van der Waals surface area contributed by atoms with Gasteiger partial charge < -0.3 is 29.4 Å². The molecule has 0 aromatic heterocycles. The zero-order valence-corrected chi connectivity index (χ0v) is 22.0. The van der Waals surface area contributed by atoms with E-state index in [2.05, 4.69) is 5.32 Å². The van der Waals surface area contributed by atoms with Gasteiger partial charge in [0.1, 0.15) is 11.3 Å². The van der Waals surface area contributed by atoms with Gasteiger partial charge in [-0.15, -0.1) is 5.75 Å². The molecule has 39 heavy (non-hydrogen) atoms. The third-order valence-corrected chi connectivity index (χ3v) is 6.80. The van der Waals surface area contributed by atoms with Crippen LogP contribution >= 0.6 is 7.60 Å². The van der Waals surface area contributed by atoms with E-state index in [0.29, 0.717) is 35.9 Å². The third-order valence-electron chi connectivity index (χ3n) is 6.13. The van der Waals surface area contributed by atoms with Gasteiger partial charge in [-0.25, -0.2) is 4.79 Å². The lowest BCUT2D eigenvalue weighted by Crippen LogP contribution is -2.24. The molecule has 0 spiro atoms. The Hall–Kier alpha value is -3.98. The largest absolute Gasteiger partial charge is 0.872 e. The highest BCUT2D eigenvalue weighted by Gasteiger charge is 2.23. The van der Waals surface area contributed by atoms with Crippen LogP contribution in [0, 0.1) is 0 Å². The molecule has 2 aliphatic rings. The molecule has 3 N–H and O–H groups in total. The topological polar surface area (TPSA) is 166 Å². The van der Waals surface area contributed by atoms with E-state index < -0.39 is 13.6 Å². The van der Waals surface area contributed by atoms with Gasteiger partial charge in [0.25, 0.3) is 5.91 Å². The maximum atomic E-state index is 12.9. The molecule has 1 unspecified atom stereocenters. The standard InChI is InChI=1S/C28H28NO9P/c1-39(35,36)37-13-5-3-2-4-12-29-27(32)17-6-9-20(28(33)34)23(14-17)26-21-10-7-18(30)15-24(21)38-25-16-19(31)8-11-22(25)26/h6-11,14-16,30H,2-5,12-13H2,1H3,(H,29,32)(H,33,34)(H,35,36)/p-1. The van der Waals surface area contributed by atoms with Gasteiger partial charge in [0.2, 0.25) is 0 Å². The molecule has 1 aliphatic carbocycles. The summed E-state index contributed by atoms with van der Waals surface area (Å²) in [6, 6.07) is 12.5. The van der Waals surface area contributed by atoms with E-state index in [4.69, 9.17) is 13.8 Å². The van der Waals surface area contributed by atoms with Crippen LogP contribution in [0.15, 0.2) is 63.8 Å². The van der Waals surface area contributed by atoms with Crippen molar-refractivity contribution in [3.63, 3.8) is 0 Å². The van der Waals surface area contributed by atoms with Crippen LogP contribution in [-0.4, -0.2) is 41.7 Å². The molecule has 1 atom stereocenters. The van der Waals surface area contributed by atoms with Gasteiger partial charge in [0.15, 0.2) is 5.43 Å². The second-order valence-corrected chi connectivity index (χ2v) is 11.0. The number of unbranched alkanes of at least 4 members (excludes halogenated alkanes) is 3. The number of carboxylic acid groups (broad SMARTS) is 1. The van der Waals surface area contributed by atoms with E-state index in [0.717, 1.165) is 19.5 Å². The van der Waals surface area contributed by atoms with Crippen LogP contribution in [-0.2, 0) is 9.09 Å². The Balaban J connectivity index is 1.60. The molecule has 0 fully saturated rings. The molecule has 2 aromatic rings. The Morgan fingerprint density at radius 1 is 1.00 bits per heavy atom. The molecule has 1 heterocycles. The molecule has 11 heteroatoms. The fourth-order valence-corrected chi connectivity index (χ4v) is 4.81. The molecule has 2 aromatic carbocycles. The molecule has 0 saturated carbocycles. The van der Waals surface area contributed by atoms with Crippen molar-refractivity contribution < 1.29 is 38.2 Å². The number of carbonyl (C=O) groups excluding carboxylic acids is 1. The van der Waals surface area contributed by atoms with E-state index >= 15 is 0 Å². The number of fused-ring (bicyclic) bond motifs is 2. The van der Waals surface area contributed by atoms with Crippen LogP contribution in [0.3, 0.4) is 0 Å². The number of hydrogen-bond acceptors (Lipinski definition) is 7. The Bertz CT molecular complexity index is 1600. The predicted molar refractivity (Wildman–Crippen MR) is 143 cm³/mol. The van der Waals surface area contributed by atoms with Gasteiger partial charge in [-0.1, -0.05) is 25.0 Å². The summed E-state index contributed by atoms with van der Waals surface area (Å²) in [4.78, 5) is 46.2. The van der Waals surface area contributed by atoms with Crippen molar-refractivity contribution in [1.82, 2.24) is 5.32 Å². The summed E-state index contributed by atoms with van der Waals surface area (Å²) in [5, 5.41) is 25.2. The van der Waals surface area contributed by atoms with Crippen LogP contribution in [0.4, 0.5) is 0 Å². The molecule has 204 valence electrons. The lowest BCUT2D eigenvalue weighted by atomic mass is 9.89. The first kappa shape index (κ1) is 28.0. The minimum Gasteiger partial charge on any atom is -0.872 e. The van der Waals surface area contributed by atoms with E-state index in [1.807, 2.05) is 0 Å². The Labute approximate surface area is 223 Å². The molecular weight excluding hydrogens is 525 g/mol. The lowest BCUT2D eigenvalue weighted by Gasteiger charge is -2.18. The first-order valence-electron chi connectivity index (χ1n) is 12.3. The molecule has 0 radical (unpaired) electrons. The summed E-state index contributed by atoms with van der Waals surface area (Å²) in [7, 11) is -3.47. The molecule has 1 aliphatic heterocycles. The summed E-state index contributed by atoms with van der Waals surface area (Å²) in [6.07, 6.45) is 2.85. The summed E-state index contributed by atoms with van der Waals surface area (Å²) < 4.78 is 21.7. The Kier molecular flexibility index (Phi) is 8.50. The molecular formula is C28H27NO9P-. The predicted octanol–water partition coefficient (Wildman–Crippen LogP) is 4.46. The maximum Gasteiger partial charge on any atom is 0.336 e. The molecule has 0 saturated heterocycles. The Morgan fingerprint density at radius 3 is 2.51 bits per heavy atom. The van der Waals surface area contributed by atoms with Crippen LogP contribution in [0.1, 0.15) is 46.4 Å². The zero-order chi connectivity index (χ0) is 28.2. The Morgan fingerprint density at radius 2 is 1.77 bits per heavy atom. The fraction of sp³-hybridized carbons (Fsp3) is 0.250. The SMILES string of the molecule is CP(=O)(O)OCCCCCCNC(=O)c1ccc(C(=O)O)c(-c2c3ccc(=O)cc-3oc3cc([O-])ccc23)c1. The second-order valence-electron chi connectivity index (χ2n) is 9.16. The number of amides is 1. The molecule has 0 bridgehead atoms. The lowest BCUT2D eigenvalue weighted by molar-refractivity contribution is -0.268. The van der Waals surface area contributed by atoms with Crippen molar-refractivity contribution in [2.24, 2.45) is 0 Å². The van der Waals surface area contributed by atoms with Crippen LogP contribution in [0.5, 0.6) is 5.75 Å². The van der Waals surface area contributed by atoms with E-state index in [1.165, 1.54) is 54.6 Å². The van der Waals surface area contributed by atoms with E-state index in [1.54, 1.807) is 0 Å². The number of carbonyl (C=O) groups is 2. The van der Waals surface area contributed by atoms with E-state index in [9.17, 15) is 29.2 Å². The van der Waals surface area contributed by atoms with Gasteiger partial charge >= 0.3 is 13.6 Å². The van der Waals surface area contributed by atoms with Crippen molar-refractivity contribution in [1.29, 1.82) is 0 Å². The molecule has 1 amide bonds. The summed E-state index contributed by atoms with van der Waals surface area (Å²) in [5.74, 6) is -1.72. The molecule has 10 nitrogen and oxygen atoms in total. The average Bonchev–Trinajstić information content (AvgIpc) is 2.87. The number of hydrogen-bond donors (Lipinski definition) is 3. The minimum atomic E-state index is -3.47. The number of rotatable bonds is 11. The summed E-state index contributed by atoms with van der Waals surface area (Å²) >= 11 is 0. The quantitative estimate of drug-likeness (QED) is 0.138. The van der Waals surface area contributed by atoms with Gasteiger partial charge in [-0.2, -0.15) is 0 Å². The van der Waals surface area contributed by atoms with Crippen molar-refractivity contribution in [3.8, 4) is 28.2 Å². The maximum absolute atomic E-state index is 12.9. The summed E-state index contributed by atoms with van der Waals surface area (Å²) in [5.41, 5.74) is 1.20. The zero-order valence-electron chi connectivity index (χ0n) is 21.1. The highest BCUT2D eigenvalue weighted by Crippen LogP contribution is 2.42. The van der Waals surface area contributed by atoms with E-state index in [-0.39, 0.29) is 51.7 Å². The van der Waals surface area contributed by atoms with Crippen molar-refractivity contribution in [3.05, 3.63) is 75.9 Å². The number of benzene rings is 3. The van der Waals surface area contributed by atoms with Crippen molar-refractivity contribution in [2.45, 2.75) is 25.7 Å². The highest BCUT2D eigenvalue weighted by atomic mass is 31.2. The first-order chi connectivity index (χ1) is 18.5.